The molecule has 1 heterocycles. The van der Waals surface area contributed by atoms with Gasteiger partial charge in [-0.25, -0.2) is 0 Å². The van der Waals surface area contributed by atoms with E-state index in [1.165, 1.54) is 4.88 Å². The molecule has 0 aromatic carbocycles. The van der Waals surface area contributed by atoms with Crippen LogP contribution in [0.3, 0.4) is 0 Å². The SMILES string of the molecule is CC(=O)CCN(C)Cc1ccc(Br)s1. The Bertz CT molecular complexity index is 311. The van der Waals surface area contributed by atoms with Crippen LogP contribution >= 0.6 is 27.3 Å². The van der Waals surface area contributed by atoms with Crippen molar-refractivity contribution in [1.29, 1.82) is 0 Å². The number of hydrogen-bond acceptors (Lipinski definition) is 3. The molecule has 1 aromatic heterocycles. The Kier molecular flexibility index (Phi) is 4.78. The zero-order valence-corrected chi connectivity index (χ0v) is 10.8. The first-order valence-electron chi connectivity index (χ1n) is 4.50. The van der Waals surface area contributed by atoms with Crippen molar-refractivity contribution in [2.75, 3.05) is 13.6 Å². The fourth-order valence-corrected chi connectivity index (χ4v) is 2.69. The van der Waals surface area contributed by atoms with Gasteiger partial charge in [-0.1, -0.05) is 0 Å². The summed E-state index contributed by atoms with van der Waals surface area (Å²) in [5.74, 6) is 0.254. The van der Waals surface area contributed by atoms with Crippen LogP contribution in [0.15, 0.2) is 15.9 Å². The highest BCUT2D eigenvalue weighted by molar-refractivity contribution is 9.11. The second-order valence-electron chi connectivity index (χ2n) is 3.40. The van der Waals surface area contributed by atoms with Gasteiger partial charge in [0, 0.05) is 24.4 Å². The van der Waals surface area contributed by atoms with Gasteiger partial charge in [-0.3, -0.25) is 4.79 Å². The van der Waals surface area contributed by atoms with Gasteiger partial charge in [0.15, 0.2) is 0 Å². The summed E-state index contributed by atoms with van der Waals surface area (Å²) in [7, 11) is 2.04. The molecule has 0 saturated carbocycles. The van der Waals surface area contributed by atoms with Crippen molar-refractivity contribution in [2.45, 2.75) is 19.9 Å². The van der Waals surface area contributed by atoms with Gasteiger partial charge in [0.05, 0.1) is 3.79 Å². The Morgan fingerprint density at radius 3 is 2.79 bits per heavy atom. The van der Waals surface area contributed by atoms with Gasteiger partial charge >= 0.3 is 0 Å². The molecule has 0 aliphatic heterocycles. The molecule has 0 saturated heterocycles. The quantitative estimate of drug-likeness (QED) is 0.824. The molecule has 0 aliphatic carbocycles. The number of ketones is 1. The Labute approximate surface area is 97.1 Å². The second kappa shape index (κ2) is 5.63. The third kappa shape index (κ3) is 4.35. The molecule has 78 valence electrons. The third-order valence-electron chi connectivity index (χ3n) is 1.90. The van der Waals surface area contributed by atoms with E-state index in [2.05, 4.69) is 33.0 Å². The van der Waals surface area contributed by atoms with Crippen molar-refractivity contribution in [3.05, 3.63) is 20.8 Å². The number of halogens is 1. The maximum atomic E-state index is 10.8. The molecule has 1 rings (SSSR count). The molecule has 0 fully saturated rings. The van der Waals surface area contributed by atoms with E-state index >= 15 is 0 Å². The minimum atomic E-state index is 0.254. The first kappa shape index (κ1) is 11.9. The molecule has 4 heteroatoms. The topological polar surface area (TPSA) is 20.3 Å². The average molecular weight is 276 g/mol. The van der Waals surface area contributed by atoms with Crippen molar-refractivity contribution in [3.63, 3.8) is 0 Å². The Hall–Kier alpha value is -0.190. The summed E-state index contributed by atoms with van der Waals surface area (Å²) in [5, 5.41) is 0. The molecule has 0 radical (unpaired) electrons. The van der Waals surface area contributed by atoms with Gasteiger partial charge in [0.25, 0.3) is 0 Å². The highest BCUT2D eigenvalue weighted by atomic mass is 79.9. The van der Waals surface area contributed by atoms with Crippen LogP contribution in [0.5, 0.6) is 0 Å². The molecule has 2 nitrogen and oxygen atoms in total. The predicted molar refractivity (Wildman–Crippen MR) is 63.7 cm³/mol. The number of rotatable bonds is 5. The van der Waals surface area contributed by atoms with Crippen molar-refractivity contribution in [3.8, 4) is 0 Å². The molecule has 0 bridgehead atoms. The summed E-state index contributed by atoms with van der Waals surface area (Å²) in [6.07, 6.45) is 0.642. The van der Waals surface area contributed by atoms with E-state index in [0.29, 0.717) is 6.42 Å². The van der Waals surface area contributed by atoms with E-state index in [1.54, 1.807) is 18.3 Å². The summed E-state index contributed by atoms with van der Waals surface area (Å²) in [6, 6.07) is 4.16. The van der Waals surface area contributed by atoms with Crippen molar-refractivity contribution in [1.82, 2.24) is 4.90 Å². The smallest absolute Gasteiger partial charge is 0.131 e. The van der Waals surface area contributed by atoms with Crippen LogP contribution in [-0.4, -0.2) is 24.3 Å². The number of carbonyl (C=O) groups is 1. The van der Waals surface area contributed by atoms with Gasteiger partial charge in [0.1, 0.15) is 5.78 Å². The monoisotopic (exact) mass is 275 g/mol. The lowest BCUT2D eigenvalue weighted by atomic mass is 10.3. The summed E-state index contributed by atoms with van der Waals surface area (Å²) < 4.78 is 1.16. The second-order valence-corrected chi connectivity index (χ2v) is 5.94. The van der Waals surface area contributed by atoms with Crippen LogP contribution in [0.2, 0.25) is 0 Å². The van der Waals surface area contributed by atoms with E-state index in [1.807, 2.05) is 7.05 Å². The number of nitrogens with zero attached hydrogens (tertiary/aromatic N) is 1. The van der Waals surface area contributed by atoms with E-state index < -0.39 is 0 Å². The third-order valence-corrected chi connectivity index (χ3v) is 3.51. The first-order valence-corrected chi connectivity index (χ1v) is 6.11. The zero-order chi connectivity index (χ0) is 10.6. The van der Waals surface area contributed by atoms with Crippen LogP contribution in [0.4, 0.5) is 0 Å². The summed E-state index contributed by atoms with van der Waals surface area (Å²) in [4.78, 5) is 14.3. The maximum Gasteiger partial charge on any atom is 0.131 e. The summed E-state index contributed by atoms with van der Waals surface area (Å²) in [5.41, 5.74) is 0. The van der Waals surface area contributed by atoms with Crippen molar-refractivity contribution < 1.29 is 4.79 Å². The fraction of sp³-hybridized carbons (Fsp3) is 0.500. The van der Waals surface area contributed by atoms with E-state index in [-0.39, 0.29) is 5.78 Å². The van der Waals surface area contributed by atoms with E-state index in [4.69, 9.17) is 0 Å². The predicted octanol–water partition coefficient (Wildman–Crippen LogP) is 2.92. The molecule has 14 heavy (non-hydrogen) atoms. The molecule has 0 N–H and O–H groups in total. The lowest BCUT2D eigenvalue weighted by Gasteiger charge is -2.13. The Morgan fingerprint density at radius 1 is 1.57 bits per heavy atom. The number of hydrogen-bond donors (Lipinski definition) is 0. The molecule has 0 unspecified atom stereocenters. The van der Waals surface area contributed by atoms with Gasteiger partial charge in [0.2, 0.25) is 0 Å². The molecular weight excluding hydrogens is 262 g/mol. The van der Waals surface area contributed by atoms with Crippen LogP contribution in [0.1, 0.15) is 18.2 Å². The fourth-order valence-electron chi connectivity index (χ4n) is 1.13. The molecular formula is C10H14BrNOS. The number of thiophene rings is 1. The minimum absolute atomic E-state index is 0.254. The molecule has 0 aliphatic rings. The van der Waals surface area contributed by atoms with Gasteiger partial charge in [-0.2, -0.15) is 0 Å². The first-order chi connectivity index (χ1) is 6.58. The largest absolute Gasteiger partial charge is 0.301 e. The summed E-state index contributed by atoms with van der Waals surface area (Å²) in [6.45, 7) is 3.39. The average Bonchev–Trinajstić information content (AvgIpc) is 2.48. The van der Waals surface area contributed by atoms with Gasteiger partial charge in [-0.05, 0) is 42.0 Å². The lowest BCUT2D eigenvalue weighted by Crippen LogP contribution is -2.20. The lowest BCUT2D eigenvalue weighted by molar-refractivity contribution is -0.117. The molecule has 0 amide bonds. The van der Waals surface area contributed by atoms with Crippen molar-refractivity contribution >= 4 is 33.0 Å². The highest BCUT2D eigenvalue weighted by Crippen LogP contribution is 2.22. The normalized spacial score (nSPS) is 10.9. The highest BCUT2D eigenvalue weighted by Gasteiger charge is 2.03. The molecule has 0 atom stereocenters. The van der Waals surface area contributed by atoms with Crippen LogP contribution in [0, 0.1) is 0 Å². The van der Waals surface area contributed by atoms with Crippen LogP contribution in [0.25, 0.3) is 0 Å². The van der Waals surface area contributed by atoms with E-state index in [0.717, 1.165) is 16.9 Å². The zero-order valence-electron chi connectivity index (χ0n) is 8.42. The summed E-state index contributed by atoms with van der Waals surface area (Å²) >= 11 is 5.17. The Morgan fingerprint density at radius 2 is 2.29 bits per heavy atom. The van der Waals surface area contributed by atoms with Gasteiger partial charge in [-0.15, -0.1) is 11.3 Å². The number of Topliss-reactive ketones (excluding diaryl/α,β-unsaturated/α-hetero) is 1. The molecule has 1 aromatic rings. The maximum absolute atomic E-state index is 10.8. The molecule has 0 spiro atoms. The Balaban J connectivity index is 2.33. The number of carbonyl (C=O) groups excluding carboxylic acids is 1. The standard InChI is InChI=1S/C10H14BrNOS/c1-8(13)5-6-12(2)7-9-3-4-10(11)14-9/h3-4H,5-7H2,1-2H3. The minimum Gasteiger partial charge on any atom is -0.301 e. The van der Waals surface area contributed by atoms with Crippen LogP contribution < -0.4 is 0 Å². The van der Waals surface area contributed by atoms with Gasteiger partial charge < -0.3 is 4.90 Å². The van der Waals surface area contributed by atoms with Crippen LogP contribution in [-0.2, 0) is 11.3 Å². The van der Waals surface area contributed by atoms with E-state index in [9.17, 15) is 4.79 Å². The van der Waals surface area contributed by atoms with Crippen molar-refractivity contribution in [2.24, 2.45) is 0 Å².